The van der Waals surface area contributed by atoms with E-state index in [1.807, 2.05) is 0 Å². The Morgan fingerprint density at radius 3 is 2.33 bits per heavy atom. The average Bonchev–Trinajstić information content (AvgIpc) is 2.89. The van der Waals surface area contributed by atoms with Gasteiger partial charge in [0.1, 0.15) is 0 Å². The minimum Gasteiger partial charge on any atom is -0.381 e. The molecule has 0 atom stereocenters. The van der Waals surface area contributed by atoms with Crippen molar-refractivity contribution in [2.24, 2.45) is 0 Å². The molecule has 104 valence electrons. The average molecular weight is 254 g/mol. The summed E-state index contributed by atoms with van der Waals surface area (Å²) in [6.45, 7) is 4.08. The summed E-state index contributed by atoms with van der Waals surface area (Å²) >= 11 is 0. The van der Waals surface area contributed by atoms with Gasteiger partial charge in [-0.3, -0.25) is 0 Å². The van der Waals surface area contributed by atoms with E-state index in [2.05, 4.69) is 27.5 Å². The maximum Gasteiger partial charge on any atom is 0.174 e. The molecule has 1 N–H and O–H groups in total. The molecule has 0 aliphatic heterocycles. The van der Waals surface area contributed by atoms with Gasteiger partial charge in [0.25, 0.3) is 0 Å². The van der Waals surface area contributed by atoms with Crippen LogP contribution < -0.4 is 0 Å². The first-order valence-electron chi connectivity index (χ1n) is 7.23. The molecule has 0 bridgehead atoms. The first-order chi connectivity index (χ1) is 8.93. The summed E-state index contributed by atoms with van der Waals surface area (Å²) in [6.07, 6.45) is 10.8. The molecular formula is C13H26N4O. The van der Waals surface area contributed by atoms with Gasteiger partial charge in [0.15, 0.2) is 5.82 Å². The van der Waals surface area contributed by atoms with Gasteiger partial charge in [-0.05, 0) is 19.3 Å². The van der Waals surface area contributed by atoms with E-state index in [4.69, 9.17) is 4.74 Å². The molecule has 1 aromatic rings. The minimum absolute atomic E-state index is 0.821. The van der Waals surface area contributed by atoms with Crippen molar-refractivity contribution in [3.8, 4) is 0 Å². The largest absolute Gasteiger partial charge is 0.381 e. The van der Waals surface area contributed by atoms with Crippen LogP contribution in [0.5, 0.6) is 0 Å². The van der Waals surface area contributed by atoms with Crippen LogP contribution in [-0.4, -0.2) is 33.8 Å². The van der Waals surface area contributed by atoms with E-state index >= 15 is 0 Å². The molecule has 0 aliphatic carbocycles. The Morgan fingerprint density at radius 2 is 1.67 bits per heavy atom. The van der Waals surface area contributed by atoms with Gasteiger partial charge < -0.3 is 4.74 Å². The fourth-order valence-electron chi connectivity index (χ4n) is 1.86. The van der Waals surface area contributed by atoms with E-state index in [1.54, 1.807) is 0 Å². The predicted octanol–water partition coefficient (Wildman–Crippen LogP) is 2.90. The number of rotatable bonds is 12. The third kappa shape index (κ3) is 8.17. The zero-order valence-corrected chi connectivity index (χ0v) is 11.5. The van der Waals surface area contributed by atoms with Gasteiger partial charge in [-0.2, -0.15) is 5.21 Å². The number of nitrogens with zero attached hydrogens (tertiary/aromatic N) is 3. The highest BCUT2D eigenvalue weighted by Gasteiger charge is 1.97. The quantitative estimate of drug-likeness (QED) is 0.582. The molecule has 0 amide bonds. The Morgan fingerprint density at radius 1 is 0.944 bits per heavy atom. The van der Waals surface area contributed by atoms with E-state index < -0.39 is 0 Å². The molecule has 1 rings (SSSR count). The van der Waals surface area contributed by atoms with Crippen molar-refractivity contribution in [2.75, 3.05) is 13.2 Å². The number of H-pyrrole nitrogens is 1. The Kier molecular flexibility index (Phi) is 9.34. The zero-order chi connectivity index (χ0) is 12.9. The molecule has 18 heavy (non-hydrogen) atoms. The number of aromatic amines is 1. The molecule has 1 heterocycles. The number of nitrogens with one attached hydrogen (secondary N) is 1. The van der Waals surface area contributed by atoms with Crippen LogP contribution in [0, 0.1) is 0 Å². The number of hydrogen-bond donors (Lipinski definition) is 1. The second-order valence-electron chi connectivity index (χ2n) is 4.67. The summed E-state index contributed by atoms with van der Waals surface area (Å²) in [5.41, 5.74) is 0. The van der Waals surface area contributed by atoms with E-state index in [0.29, 0.717) is 0 Å². The van der Waals surface area contributed by atoms with Crippen LogP contribution >= 0.6 is 0 Å². The second-order valence-corrected chi connectivity index (χ2v) is 4.67. The van der Waals surface area contributed by atoms with Crippen LogP contribution in [0.1, 0.15) is 64.1 Å². The lowest BCUT2D eigenvalue weighted by Crippen LogP contribution is -1.97. The van der Waals surface area contributed by atoms with Crippen LogP contribution in [0.4, 0.5) is 0 Å². The SMILES string of the molecule is CCCCCCOCCCCCCc1nn[nH]n1. The fourth-order valence-corrected chi connectivity index (χ4v) is 1.86. The molecule has 0 aromatic carbocycles. The molecule has 0 unspecified atom stereocenters. The van der Waals surface area contributed by atoms with Crippen LogP contribution in [-0.2, 0) is 11.2 Å². The normalized spacial score (nSPS) is 10.9. The summed E-state index contributed by atoms with van der Waals surface area (Å²) in [6, 6.07) is 0. The van der Waals surface area contributed by atoms with Crippen molar-refractivity contribution in [1.29, 1.82) is 0 Å². The van der Waals surface area contributed by atoms with E-state index in [-0.39, 0.29) is 0 Å². The summed E-state index contributed by atoms with van der Waals surface area (Å²) in [7, 11) is 0. The van der Waals surface area contributed by atoms with Gasteiger partial charge in [0, 0.05) is 19.6 Å². The van der Waals surface area contributed by atoms with Crippen molar-refractivity contribution in [1.82, 2.24) is 20.6 Å². The molecule has 5 heteroatoms. The highest BCUT2D eigenvalue weighted by atomic mass is 16.5. The van der Waals surface area contributed by atoms with Crippen LogP contribution in [0.25, 0.3) is 0 Å². The minimum atomic E-state index is 0.821. The lowest BCUT2D eigenvalue weighted by Gasteiger charge is -2.03. The first-order valence-corrected chi connectivity index (χ1v) is 7.23. The molecule has 0 saturated heterocycles. The lowest BCUT2D eigenvalue weighted by molar-refractivity contribution is 0.126. The van der Waals surface area contributed by atoms with E-state index in [9.17, 15) is 0 Å². The standard InChI is InChI=1S/C13H26N4O/c1-2-3-4-8-11-18-12-9-6-5-7-10-13-14-16-17-15-13/h2-12H2,1H3,(H,14,15,16,17). The summed E-state index contributed by atoms with van der Waals surface area (Å²) in [5.74, 6) is 0.821. The van der Waals surface area contributed by atoms with Gasteiger partial charge in [-0.25, -0.2) is 0 Å². The van der Waals surface area contributed by atoms with Gasteiger partial charge in [-0.15, -0.1) is 10.2 Å². The molecule has 0 radical (unpaired) electrons. The summed E-state index contributed by atoms with van der Waals surface area (Å²) in [4.78, 5) is 0. The van der Waals surface area contributed by atoms with Crippen molar-refractivity contribution in [3.63, 3.8) is 0 Å². The third-order valence-electron chi connectivity index (χ3n) is 2.97. The second kappa shape index (κ2) is 11.1. The van der Waals surface area contributed by atoms with Crippen molar-refractivity contribution in [3.05, 3.63) is 5.82 Å². The molecule has 0 spiro atoms. The molecule has 1 aromatic heterocycles. The van der Waals surface area contributed by atoms with E-state index in [1.165, 1.54) is 44.9 Å². The number of hydrogen-bond acceptors (Lipinski definition) is 4. The summed E-state index contributed by atoms with van der Waals surface area (Å²) < 4.78 is 5.59. The summed E-state index contributed by atoms with van der Waals surface area (Å²) in [5, 5.41) is 13.9. The number of aromatic nitrogens is 4. The highest BCUT2D eigenvalue weighted by Crippen LogP contribution is 2.04. The third-order valence-corrected chi connectivity index (χ3v) is 2.97. The van der Waals surface area contributed by atoms with Gasteiger partial charge in [0.2, 0.25) is 0 Å². The maximum atomic E-state index is 5.59. The van der Waals surface area contributed by atoms with Crippen LogP contribution in [0.2, 0.25) is 0 Å². The van der Waals surface area contributed by atoms with Crippen LogP contribution in [0.15, 0.2) is 0 Å². The Bertz CT molecular complexity index is 264. The highest BCUT2D eigenvalue weighted by molar-refractivity contribution is 4.74. The first kappa shape index (κ1) is 15.1. The Balaban J connectivity index is 1.73. The Hall–Kier alpha value is -0.970. The van der Waals surface area contributed by atoms with Gasteiger partial charge >= 0.3 is 0 Å². The number of ether oxygens (including phenoxy) is 1. The van der Waals surface area contributed by atoms with Gasteiger partial charge in [-0.1, -0.05) is 44.2 Å². The predicted molar refractivity (Wildman–Crippen MR) is 71.3 cm³/mol. The number of aryl methyl sites for hydroxylation is 1. The monoisotopic (exact) mass is 254 g/mol. The lowest BCUT2D eigenvalue weighted by atomic mass is 10.1. The van der Waals surface area contributed by atoms with Crippen molar-refractivity contribution < 1.29 is 4.74 Å². The molecule has 0 fully saturated rings. The van der Waals surface area contributed by atoms with Gasteiger partial charge in [0.05, 0.1) is 0 Å². The van der Waals surface area contributed by atoms with Crippen molar-refractivity contribution >= 4 is 0 Å². The fraction of sp³-hybridized carbons (Fsp3) is 0.923. The topological polar surface area (TPSA) is 63.7 Å². The molecule has 5 nitrogen and oxygen atoms in total. The van der Waals surface area contributed by atoms with Crippen LogP contribution in [0.3, 0.4) is 0 Å². The van der Waals surface area contributed by atoms with Crippen molar-refractivity contribution in [2.45, 2.75) is 64.7 Å². The smallest absolute Gasteiger partial charge is 0.174 e. The molecular weight excluding hydrogens is 228 g/mol. The van der Waals surface area contributed by atoms with E-state index in [0.717, 1.165) is 31.9 Å². The number of unbranched alkanes of at least 4 members (excludes halogenated alkanes) is 6. The number of tetrazole rings is 1. The molecule has 0 saturated carbocycles. The maximum absolute atomic E-state index is 5.59. The Labute approximate surface area is 110 Å². The zero-order valence-electron chi connectivity index (χ0n) is 11.5. The molecule has 0 aliphatic rings.